The van der Waals surface area contributed by atoms with Crippen LogP contribution in [0.4, 0.5) is 0 Å². The zero-order valence-corrected chi connectivity index (χ0v) is 12.7. The molecule has 1 unspecified atom stereocenters. The molecule has 2 heterocycles. The number of rotatable bonds is 3. The van der Waals surface area contributed by atoms with Crippen molar-refractivity contribution in [3.8, 4) is 11.5 Å². The van der Waals surface area contributed by atoms with Crippen molar-refractivity contribution in [3.05, 3.63) is 23.8 Å². The summed E-state index contributed by atoms with van der Waals surface area (Å²) in [5.74, 6) is 0.156. The van der Waals surface area contributed by atoms with Crippen molar-refractivity contribution in [1.82, 2.24) is 4.90 Å². The summed E-state index contributed by atoms with van der Waals surface area (Å²) in [7, 11) is 0. The fourth-order valence-corrected chi connectivity index (χ4v) is 3.11. The van der Waals surface area contributed by atoms with Crippen molar-refractivity contribution in [2.45, 2.75) is 20.3 Å². The van der Waals surface area contributed by atoms with Crippen molar-refractivity contribution in [3.63, 3.8) is 0 Å². The zero-order valence-electron chi connectivity index (χ0n) is 12.7. The van der Waals surface area contributed by atoms with E-state index < -0.39 is 11.4 Å². The van der Waals surface area contributed by atoms with Crippen molar-refractivity contribution in [1.29, 1.82) is 0 Å². The molecule has 1 aromatic rings. The van der Waals surface area contributed by atoms with Gasteiger partial charge in [-0.2, -0.15) is 0 Å². The third-order valence-corrected chi connectivity index (χ3v) is 4.74. The maximum atomic E-state index is 12.6. The highest BCUT2D eigenvalue weighted by Gasteiger charge is 2.48. The molecular weight excluding hydrogens is 286 g/mol. The van der Waals surface area contributed by atoms with E-state index in [4.69, 9.17) is 9.47 Å². The Morgan fingerprint density at radius 3 is 2.64 bits per heavy atom. The van der Waals surface area contributed by atoms with Gasteiger partial charge in [-0.25, -0.2) is 0 Å². The summed E-state index contributed by atoms with van der Waals surface area (Å²) in [6.07, 6.45) is 0.482. The molecular formula is C16H19NO5. The molecule has 2 aliphatic heterocycles. The molecule has 6 heteroatoms. The van der Waals surface area contributed by atoms with Gasteiger partial charge in [0.05, 0.1) is 5.41 Å². The van der Waals surface area contributed by atoms with Gasteiger partial charge in [0.1, 0.15) is 0 Å². The average molecular weight is 305 g/mol. The number of benzene rings is 1. The lowest BCUT2D eigenvalue weighted by molar-refractivity contribution is -0.150. The van der Waals surface area contributed by atoms with Gasteiger partial charge in [-0.1, -0.05) is 13.8 Å². The first-order chi connectivity index (χ1) is 10.4. The molecule has 1 atom stereocenters. The molecule has 1 N–H and O–H groups in total. The largest absolute Gasteiger partial charge is 0.481 e. The van der Waals surface area contributed by atoms with Crippen molar-refractivity contribution in [2.75, 3.05) is 19.9 Å². The fourth-order valence-electron chi connectivity index (χ4n) is 3.11. The summed E-state index contributed by atoms with van der Waals surface area (Å²) >= 11 is 0. The van der Waals surface area contributed by atoms with Gasteiger partial charge in [-0.15, -0.1) is 0 Å². The van der Waals surface area contributed by atoms with E-state index in [2.05, 4.69) is 0 Å². The number of fused-ring (bicyclic) bond motifs is 1. The topological polar surface area (TPSA) is 76.1 Å². The Hall–Kier alpha value is -2.24. The number of aliphatic carboxylic acids is 1. The van der Waals surface area contributed by atoms with Crippen LogP contribution in [0.25, 0.3) is 0 Å². The normalized spacial score (nSPS) is 23.1. The average Bonchev–Trinajstić information content (AvgIpc) is 3.13. The molecule has 2 aliphatic rings. The quantitative estimate of drug-likeness (QED) is 0.924. The van der Waals surface area contributed by atoms with Crippen LogP contribution in [0.3, 0.4) is 0 Å². The van der Waals surface area contributed by atoms with Gasteiger partial charge < -0.3 is 19.5 Å². The van der Waals surface area contributed by atoms with Gasteiger partial charge in [0.2, 0.25) is 6.79 Å². The number of carboxylic acids is 1. The van der Waals surface area contributed by atoms with E-state index in [1.165, 1.54) is 0 Å². The van der Waals surface area contributed by atoms with E-state index in [1.54, 1.807) is 23.1 Å². The number of nitrogens with zero attached hydrogens (tertiary/aromatic N) is 1. The third kappa shape index (κ3) is 2.19. The van der Waals surface area contributed by atoms with E-state index in [0.29, 0.717) is 30.0 Å². The Kier molecular flexibility index (Phi) is 3.47. The van der Waals surface area contributed by atoms with Gasteiger partial charge in [-0.05, 0) is 30.5 Å². The van der Waals surface area contributed by atoms with E-state index in [0.717, 1.165) is 0 Å². The number of ether oxygens (including phenoxy) is 2. The molecule has 0 spiro atoms. The van der Waals surface area contributed by atoms with Gasteiger partial charge >= 0.3 is 5.97 Å². The van der Waals surface area contributed by atoms with Crippen LogP contribution in [0.15, 0.2) is 18.2 Å². The van der Waals surface area contributed by atoms with Crippen LogP contribution < -0.4 is 9.47 Å². The lowest BCUT2D eigenvalue weighted by Crippen LogP contribution is -2.40. The summed E-state index contributed by atoms with van der Waals surface area (Å²) in [5, 5.41) is 9.56. The summed E-state index contributed by atoms with van der Waals surface area (Å²) in [6.45, 7) is 4.64. The minimum atomic E-state index is -0.855. The summed E-state index contributed by atoms with van der Waals surface area (Å²) in [4.78, 5) is 25.9. The Labute approximate surface area is 128 Å². The maximum Gasteiger partial charge on any atom is 0.311 e. The fraction of sp³-hybridized carbons (Fsp3) is 0.500. The van der Waals surface area contributed by atoms with Crippen LogP contribution in [-0.4, -0.2) is 41.8 Å². The van der Waals surface area contributed by atoms with E-state index in [9.17, 15) is 14.7 Å². The second kappa shape index (κ2) is 5.19. The minimum Gasteiger partial charge on any atom is -0.481 e. The second-order valence-electron chi connectivity index (χ2n) is 6.16. The van der Waals surface area contributed by atoms with Gasteiger partial charge in [0.25, 0.3) is 5.91 Å². The summed E-state index contributed by atoms with van der Waals surface area (Å²) in [5.41, 5.74) is -0.361. The first-order valence-electron chi connectivity index (χ1n) is 7.36. The lowest BCUT2D eigenvalue weighted by Gasteiger charge is -2.28. The molecule has 0 radical (unpaired) electrons. The molecule has 0 bridgehead atoms. The number of carbonyl (C=O) groups is 2. The number of hydrogen-bond acceptors (Lipinski definition) is 4. The van der Waals surface area contributed by atoms with E-state index in [-0.39, 0.29) is 25.2 Å². The molecule has 118 valence electrons. The van der Waals surface area contributed by atoms with Crippen LogP contribution >= 0.6 is 0 Å². The Morgan fingerprint density at radius 2 is 2.00 bits per heavy atom. The van der Waals surface area contributed by atoms with Crippen LogP contribution in [0.2, 0.25) is 0 Å². The predicted molar refractivity (Wildman–Crippen MR) is 78.0 cm³/mol. The second-order valence-corrected chi connectivity index (χ2v) is 6.16. The van der Waals surface area contributed by atoms with Crippen LogP contribution in [0, 0.1) is 11.3 Å². The molecule has 22 heavy (non-hydrogen) atoms. The van der Waals surface area contributed by atoms with Crippen LogP contribution in [0.1, 0.15) is 30.6 Å². The highest BCUT2D eigenvalue weighted by molar-refractivity contribution is 5.95. The molecule has 0 aliphatic carbocycles. The Morgan fingerprint density at radius 1 is 1.27 bits per heavy atom. The molecule has 1 saturated heterocycles. The van der Waals surface area contributed by atoms with Crippen LogP contribution in [-0.2, 0) is 4.79 Å². The molecule has 6 nitrogen and oxygen atoms in total. The minimum absolute atomic E-state index is 0.0282. The monoisotopic (exact) mass is 305 g/mol. The first kappa shape index (κ1) is 14.7. The highest BCUT2D eigenvalue weighted by atomic mass is 16.7. The molecule has 0 saturated carbocycles. The molecule has 1 fully saturated rings. The van der Waals surface area contributed by atoms with Gasteiger partial charge in [0.15, 0.2) is 11.5 Å². The highest BCUT2D eigenvalue weighted by Crippen LogP contribution is 2.39. The van der Waals surface area contributed by atoms with Gasteiger partial charge in [0, 0.05) is 18.7 Å². The van der Waals surface area contributed by atoms with Crippen LogP contribution in [0.5, 0.6) is 11.5 Å². The number of amides is 1. The molecule has 0 aromatic heterocycles. The number of likely N-dealkylation sites (tertiary alicyclic amines) is 1. The van der Waals surface area contributed by atoms with Gasteiger partial charge in [-0.3, -0.25) is 9.59 Å². The molecule has 3 rings (SSSR count). The predicted octanol–water partition coefficient (Wildman–Crippen LogP) is 1.99. The number of hydrogen-bond donors (Lipinski definition) is 1. The molecule has 1 aromatic carbocycles. The maximum absolute atomic E-state index is 12.6. The zero-order chi connectivity index (χ0) is 15.9. The summed E-state index contributed by atoms with van der Waals surface area (Å²) < 4.78 is 10.5. The van der Waals surface area contributed by atoms with Crippen molar-refractivity contribution in [2.24, 2.45) is 11.3 Å². The SMILES string of the molecule is CC(C)C1(C(=O)O)CCN(C(=O)c2ccc3c(c2)OCO3)C1. The van der Waals surface area contributed by atoms with E-state index in [1.807, 2.05) is 13.8 Å². The molecule has 1 amide bonds. The van der Waals surface area contributed by atoms with Crippen molar-refractivity contribution < 1.29 is 24.2 Å². The Balaban J connectivity index is 1.81. The lowest BCUT2D eigenvalue weighted by atomic mass is 9.76. The Bertz CT molecular complexity index is 627. The number of carbonyl (C=O) groups excluding carboxylic acids is 1. The van der Waals surface area contributed by atoms with E-state index >= 15 is 0 Å². The van der Waals surface area contributed by atoms with Crippen molar-refractivity contribution >= 4 is 11.9 Å². The number of carboxylic acid groups (broad SMARTS) is 1. The third-order valence-electron chi connectivity index (χ3n) is 4.74. The summed E-state index contributed by atoms with van der Waals surface area (Å²) in [6, 6.07) is 5.05. The standard InChI is InChI=1S/C16H19NO5/c1-10(2)16(15(19)20)5-6-17(8-16)14(18)11-3-4-12-13(7-11)22-9-21-12/h3-4,7,10H,5-6,8-9H2,1-2H3,(H,19,20). The smallest absolute Gasteiger partial charge is 0.311 e. The first-order valence-corrected chi connectivity index (χ1v) is 7.36.